The van der Waals surface area contributed by atoms with Crippen LogP contribution < -0.4 is 0 Å². The van der Waals surface area contributed by atoms with Gasteiger partial charge in [0.1, 0.15) is 11.6 Å². The van der Waals surface area contributed by atoms with Crippen molar-refractivity contribution in [1.29, 1.82) is 0 Å². The lowest BCUT2D eigenvalue weighted by molar-refractivity contribution is 0.392. The van der Waals surface area contributed by atoms with Gasteiger partial charge in [0.2, 0.25) is 0 Å². The Morgan fingerprint density at radius 1 is 1.30 bits per heavy atom. The molecular weight excluding hydrogens is 274 g/mol. The summed E-state index contributed by atoms with van der Waals surface area (Å²) in [6.07, 6.45) is 0. The second kappa shape index (κ2) is 4.94. The molecule has 2 heterocycles. The van der Waals surface area contributed by atoms with Crippen molar-refractivity contribution in [2.45, 2.75) is 32.7 Å². The molecule has 0 radical (unpaired) electrons. The van der Waals surface area contributed by atoms with Crippen molar-refractivity contribution in [1.82, 2.24) is 14.7 Å². The lowest BCUT2D eigenvalue weighted by Gasteiger charge is -2.10. The van der Waals surface area contributed by atoms with Gasteiger partial charge in [-0.25, -0.2) is 4.98 Å². The van der Waals surface area contributed by atoms with E-state index >= 15 is 0 Å². The molecule has 1 unspecified atom stereocenters. The third kappa shape index (κ3) is 2.10. The molecule has 0 fully saturated rings. The average Bonchev–Trinajstić information content (AvgIpc) is 2.94. The number of hydrogen-bond acceptors (Lipinski definition) is 3. The Kier molecular flexibility index (Phi) is 3.26. The molecule has 1 atom stereocenters. The molecular formula is C15H16ClN3O. The van der Waals surface area contributed by atoms with Gasteiger partial charge in [-0.05, 0) is 32.9 Å². The fraction of sp³-hybridized carbons (Fsp3) is 0.333. The van der Waals surface area contributed by atoms with Crippen molar-refractivity contribution in [3.63, 3.8) is 0 Å². The van der Waals surface area contributed by atoms with E-state index in [9.17, 15) is 0 Å². The number of aromatic nitrogens is 3. The number of fused-ring (bicyclic) bond motifs is 1. The summed E-state index contributed by atoms with van der Waals surface area (Å²) in [5, 5.41) is 3.86. The molecule has 0 aliphatic heterocycles. The van der Waals surface area contributed by atoms with Crippen LogP contribution in [0.2, 0.25) is 0 Å². The molecule has 0 aliphatic rings. The summed E-state index contributed by atoms with van der Waals surface area (Å²) in [6.45, 7) is 6.49. The number of hydrogen-bond donors (Lipinski definition) is 0. The van der Waals surface area contributed by atoms with Gasteiger partial charge in [0.05, 0.1) is 28.6 Å². The molecule has 104 valence electrons. The number of aryl methyl sites for hydroxylation is 2. The van der Waals surface area contributed by atoms with E-state index in [1.165, 1.54) is 0 Å². The Morgan fingerprint density at radius 2 is 2.05 bits per heavy atom. The van der Waals surface area contributed by atoms with Crippen molar-refractivity contribution < 1.29 is 4.52 Å². The first-order valence-corrected chi connectivity index (χ1v) is 7.02. The van der Waals surface area contributed by atoms with Crippen molar-refractivity contribution in [3.8, 4) is 0 Å². The van der Waals surface area contributed by atoms with Gasteiger partial charge in [0, 0.05) is 5.56 Å². The lowest BCUT2D eigenvalue weighted by Crippen LogP contribution is -2.07. The molecule has 3 aromatic rings. The van der Waals surface area contributed by atoms with Crippen LogP contribution in [0.5, 0.6) is 0 Å². The van der Waals surface area contributed by atoms with Crippen molar-refractivity contribution in [2.75, 3.05) is 0 Å². The van der Waals surface area contributed by atoms with E-state index in [0.717, 1.165) is 33.9 Å². The van der Waals surface area contributed by atoms with Crippen molar-refractivity contribution in [2.24, 2.45) is 0 Å². The average molecular weight is 290 g/mol. The smallest absolute Gasteiger partial charge is 0.138 e. The van der Waals surface area contributed by atoms with Gasteiger partial charge in [0.15, 0.2) is 0 Å². The molecule has 0 N–H and O–H groups in total. The third-order valence-electron chi connectivity index (χ3n) is 3.54. The normalized spacial score (nSPS) is 13.0. The number of nitrogens with zero attached hydrogens (tertiary/aromatic N) is 3. The first kappa shape index (κ1) is 13.2. The molecule has 0 amide bonds. The van der Waals surface area contributed by atoms with Gasteiger partial charge in [-0.3, -0.25) is 0 Å². The van der Waals surface area contributed by atoms with Crippen LogP contribution >= 0.6 is 11.6 Å². The van der Waals surface area contributed by atoms with Crippen LogP contribution in [-0.4, -0.2) is 14.7 Å². The first-order chi connectivity index (χ1) is 9.58. The Balaban J connectivity index is 2.17. The molecule has 2 aromatic heterocycles. The predicted molar refractivity (Wildman–Crippen MR) is 79.1 cm³/mol. The second-order valence-electron chi connectivity index (χ2n) is 4.96. The molecule has 20 heavy (non-hydrogen) atoms. The molecule has 1 aromatic carbocycles. The lowest BCUT2D eigenvalue weighted by atomic mass is 10.2. The van der Waals surface area contributed by atoms with E-state index in [1.54, 1.807) is 0 Å². The van der Waals surface area contributed by atoms with Crippen molar-refractivity contribution >= 4 is 22.6 Å². The first-order valence-electron chi connectivity index (χ1n) is 6.59. The minimum Gasteiger partial charge on any atom is -0.361 e. The maximum absolute atomic E-state index is 6.28. The molecule has 5 heteroatoms. The third-order valence-corrected chi connectivity index (χ3v) is 3.73. The van der Waals surface area contributed by atoms with Gasteiger partial charge in [-0.15, -0.1) is 11.6 Å². The van der Waals surface area contributed by atoms with Gasteiger partial charge < -0.3 is 9.09 Å². The molecule has 4 nitrogen and oxygen atoms in total. The van der Waals surface area contributed by atoms with Crippen LogP contribution in [-0.2, 0) is 6.54 Å². The van der Waals surface area contributed by atoms with E-state index in [0.29, 0.717) is 6.54 Å². The highest BCUT2D eigenvalue weighted by Crippen LogP contribution is 2.26. The van der Waals surface area contributed by atoms with E-state index in [2.05, 4.69) is 20.8 Å². The Morgan fingerprint density at radius 3 is 2.70 bits per heavy atom. The monoisotopic (exact) mass is 289 g/mol. The van der Waals surface area contributed by atoms with E-state index < -0.39 is 0 Å². The quantitative estimate of drug-likeness (QED) is 0.685. The molecule has 0 aliphatic carbocycles. The van der Waals surface area contributed by atoms with Crippen LogP contribution in [0.3, 0.4) is 0 Å². The summed E-state index contributed by atoms with van der Waals surface area (Å²) in [4.78, 5) is 4.63. The number of para-hydroxylation sites is 2. The number of alkyl halides is 1. The summed E-state index contributed by atoms with van der Waals surface area (Å²) >= 11 is 6.28. The molecule has 0 saturated heterocycles. The van der Waals surface area contributed by atoms with Gasteiger partial charge in [0.25, 0.3) is 0 Å². The maximum Gasteiger partial charge on any atom is 0.138 e. The molecule has 3 rings (SSSR count). The van der Waals surface area contributed by atoms with Gasteiger partial charge in [-0.1, -0.05) is 17.3 Å². The number of rotatable bonds is 3. The van der Waals surface area contributed by atoms with Crippen LogP contribution in [0, 0.1) is 13.8 Å². The SMILES string of the molecule is Cc1noc(C)c1Cn1c(C(C)Cl)nc2ccccc21. The van der Waals surface area contributed by atoms with E-state index in [4.69, 9.17) is 16.1 Å². The fourth-order valence-electron chi connectivity index (χ4n) is 2.45. The van der Waals surface area contributed by atoms with Crippen LogP contribution in [0.1, 0.15) is 35.1 Å². The fourth-order valence-corrected chi connectivity index (χ4v) is 2.62. The summed E-state index contributed by atoms with van der Waals surface area (Å²) in [7, 11) is 0. The maximum atomic E-state index is 6.28. The van der Waals surface area contributed by atoms with Crippen LogP contribution in [0.15, 0.2) is 28.8 Å². The van der Waals surface area contributed by atoms with Crippen LogP contribution in [0.4, 0.5) is 0 Å². The Hall–Kier alpha value is -1.81. The van der Waals surface area contributed by atoms with E-state index in [1.807, 2.05) is 39.0 Å². The summed E-state index contributed by atoms with van der Waals surface area (Å²) in [5.41, 5.74) is 4.04. The van der Waals surface area contributed by atoms with Crippen molar-refractivity contribution in [3.05, 3.63) is 47.1 Å². The largest absolute Gasteiger partial charge is 0.361 e. The number of halogens is 1. The Bertz CT molecular complexity index is 738. The van der Waals surface area contributed by atoms with Gasteiger partial charge >= 0.3 is 0 Å². The zero-order chi connectivity index (χ0) is 14.3. The highest BCUT2D eigenvalue weighted by Gasteiger charge is 2.18. The molecule has 0 bridgehead atoms. The summed E-state index contributed by atoms with van der Waals surface area (Å²) in [6, 6.07) is 8.06. The minimum atomic E-state index is -0.150. The summed E-state index contributed by atoms with van der Waals surface area (Å²) < 4.78 is 7.38. The van der Waals surface area contributed by atoms with Gasteiger partial charge in [-0.2, -0.15) is 0 Å². The molecule has 0 spiro atoms. The molecule has 0 saturated carbocycles. The number of benzene rings is 1. The zero-order valence-corrected chi connectivity index (χ0v) is 12.5. The highest BCUT2D eigenvalue weighted by atomic mass is 35.5. The predicted octanol–water partition coefficient (Wildman–Crippen LogP) is 3.99. The van der Waals surface area contributed by atoms with E-state index in [-0.39, 0.29) is 5.38 Å². The standard InChI is InChI=1S/C15H16ClN3O/c1-9(16)15-17-13-6-4-5-7-14(13)19(15)8-12-10(2)18-20-11(12)3/h4-7,9H,8H2,1-3H3. The minimum absolute atomic E-state index is 0.150. The number of imidazole rings is 1. The van der Waals surface area contributed by atoms with Crippen LogP contribution in [0.25, 0.3) is 11.0 Å². The zero-order valence-electron chi connectivity index (χ0n) is 11.7. The topological polar surface area (TPSA) is 43.9 Å². The second-order valence-corrected chi connectivity index (χ2v) is 5.62. The Labute approximate surface area is 122 Å². The highest BCUT2D eigenvalue weighted by molar-refractivity contribution is 6.20. The summed E-state index contributed by atoms with van der Waals surface area (Å²) in [5.74, 6) is 1.71.